The van der Waals surface area contributed by atoms with Crippen molar-refractivity contribution in [2.45, 2.75) is 45.1 Å². The van der Waals surface area contributed by atoms with Crippen LogP contribution in [0.3, 0.4) is 0 Å². The Bertz CT molecular complexity index is 489. The van der Waals surface area contributed by atoms with E-state index in [2.05, 4.69) is 5.32 Å². The number of nitrogens with one attached hydrogen (secondary N) is 1. The Hall–Kier alpha value is -1.42. The van der Waals surface area contributed by atoms with E-state index in [4.69, 9.17) is 0 Å². The van der Waals surface area contributed by atoms with Crippen molar-refractivity contribution in [3.05, 3.63) is 34.2 Å². The van der Waals surface area contributed by atoms with Crippen LogP contribution in [0.15, 0.2) is 29.3 Å². The Morgan fingerprint density at radius 2 is 1.89 bits per heavy atom. The number of hydrogen-bond acceptors (Lipinski definition) is 4. The first kappa shape index (κ1) is 14.0. The summed E-state index contributed by atoms with van der Waals surface area (Å²) in [4.78, 5) is 25.3. The fraction of sp³-hybridized carbons (Fsp3) is 0.467. The molecule has 1 fully saturated rings. The van der Waals surface area contributed by atoms with Gasteiger partial charge in [0.15, 0.2) is 11.6 Å². The van der Waals surface area contributed by atoms with Crippen LogP contribution in [-0.4, -0.2) is 17.1 Å². The highest BCUT2D eigenvalue weighted by Crippen LogP contribution is 2.33. The molecule has 0 atom stereocenters. The summed E-state index contributed by atoms with van der Waals surface area (Å²) in [6.45, 7) is 5.99. The maximum atomic E-state index is 12.1. The average molecular weight is 277 g/mol. The molecule has 0 spiro atoms. The predicted molar refractivity (Wildman–Crippen MR) is 77.3 cm³/mol. The van der Waals surface area contributed by atoms with Crippen LogP contribution < -0.4 is 5.32 Å². The van der Waals surface area contributed by atoms with Gasteiger partial charge in [0.2, 0.25) is 0 Å². The Kier molecular flexibility index (Phi) is 3.90. The van der Waals surface area contributed by atoms with Crippen molar-refractivity contribution in [3.8, 4) is 0 Å². The number of Topliss-reactive ketones (excluding diaryl/α,β-unsaturated/α-hetero) is 2. The number of rotatable bonds is 2. The van der Waals surface area contributed by atoms with Crippen LogP contribution in [0.4, 0.5) is 0 Å². The molecule has 0 amide bonds. The summed E-state index contributed by atoms with van der Waals surface area (Å²) in [5, 5.41) is 5.08. The minimum absolute atomic E-state index is 0.0496. The molecule has 0 radical (unpaired) electrons. The van der Waals surface area contributed by atoms with Gasteiger partial charge in [-0.2, -0.15) is 0 Å². The van der Waals surface area contributed by atoms with Crippen molar-refractivity contribution in [1.82, 2.24) is 5.32 Å². The lowest BCUT2D eigenvalue weighted by Gasteiger charge is -2.23. The SMILES string of the molecule is CC(C)(C)NC=C1C(=O)CC(c2cccs2)CC1=O. The predicted octanol–water partition coefficient (Wildman–Crippen LogP) is 3.04. The minimum atomic E-state index is -0.141. The molecule has 0 bridgehead atoms. The third-order valence-corrected chi connectivity index (χ3v) is 4.09. The maximum Gasteiger partial charge on any atom is 0.168 e. The van der Waals surface area contributed by atoms with Gasteiger partial charge in [-0.15, -0.1) is 11.3 Å². The summed E-state index contributed by atoms with van der Waals surface area (Å²) in [6.07, 6.45) is 2.46. The molecule has 0 aliphatic heterocycles. The highest BCUT2D eigenvalue weighted by molar-refractivity contribution is 7.10. The molecule has 1 aliphatic carbocycles. The highest BCUT2D eigenvalue weighted by Gasteiger charge is 2.31. The third-order valence-electron chi connectivity index (χ3n) is 3.06. The van der Waals surface area contributed by atoms with Gasteiger partial charge in [-0.3, -0.25) is 9.59 Å². The van der Waals surface area contributed by atoms with Crippen LogP contribution in [0.25, 0.3) is 0 Å². The lowest BCUT2D eigenvalue weighted by molar-refractivity contribution is -0.124. The monoisotopic (exact) mass is 277 g/mol. The molecule has 4 heteroatoms. The molecule has 102 valence electrons. The lowest BCUT2D eigenvalue weighted by atomic mass is 9.83. The van der Waals surface area contributed by atoms with E-state index in [1.165, 1.54) is 0 Å². The number of carbonyl (C=O) groups is 2. The minimum Gasteiger partial charge on any atom is -0.386 e. The van der Waals surface area contributed by atoms with Crippen LogP contribution in [0, 0.1) is 0 Å². The van der Waals surface area contributed by atoms with E-state index in [0.29, 0.717) is 18.4 Å². The molecule has 1 aromatic heterocycles. The largest absolute Gasteiger partial charge is 0.386 e. The second-order valence-corrected chi connectivity index (χ2v) is 6.90. The third kappa shape index (κ3) is 3.53. The highest BCUT2D eigenvalue weighted by atomic mass is 32.1. The first-order valence-corrected chi connectivity index (χ1v) is 7.32. The second kappa shape index (κ2) is 5.29. The topological polar surface area (TPSA) is 46.2 Å². The van der Waals surface area contributed by atoms with Crippen molar-refractivity contribution < 1.29 is 9.59 Å². The lowest BCUT2D eigenvalue weighted by Crippen LogP contribution is -2.34. The van der Waals surface area contributed by atoms with Crippen LogP contribution in [0.5, 0.6) is 0 Å². The molecule has 0 unspecified atom stereocenters. The number of carbonyl (C=O) groups excluding carboxylic acids is 2. The van der Waals surface area contributed by atoms with E-state index in [-0.39, 0.29) is 23.0 Å². The van der Waals surface area contributed by atoms with Gasteiger partial charge in [0.1, 0.15) is 0 Å². The standard InChI is InChI=1S/C15H19NO2S/c1-15(2,3)16-9-11-12(17)7-10(8-13(11)18)14-5-4-6-19-14/h4-6,9-10,16H,7-8H2,1-3H3. The number of hydrogen-bond donors (Lipinski definition) is 1. The van der Waals surface area contributed by atoms with Crippen molar-refractivity contribution in [2.24, 2.45) is 0 Å². The molecule has 2 rings (SSSR count). The van der Waals surface area contributed by atoms with E-state index in [0.717, 1.165) is 4.88 Å². The Morgan fingerprint density at radius 1 is 1.26 bits per heavy atom. The van der Waals surface area contributed by atoms with E-state index in [9.17, 15) is 9.59 Å². The van der Waals surface area contributed by atoms with Crippen LogP contribution >= 0.6 is 11.3 Å². The molecule has 3 nitrogen and oxygen atoms in total. The first-order chi connectivity index (χ1) is 8.87. The molecule has 1 aromatic rings. The molecular formula is C15H19NO2S. The quantitative estimate of drug-likeness (QED) is 0.667. The van der Waals surface area contributed by atoms with Gasteiger partial charge in [0.05, 0.1) is 5.57 Å². The fourth-order valence-electron chi connectivity index (χ4n) is 2.07. The summed E-state index contributed by atoms with van der Waals surface area (Å²) in [5.41, 5.74) is 0.181. The van der Waals surface area contributed by atoms with E-state index in [1.54, 1.807) is 17.5 Å². The van der Waals surface area contributed by atoms with Gasteiger partial charge in [0, 0.05) is 35.4 Å². The summed E-state index contributed by atoms with van der Waals surface area (Å²) in [6, 6.07) is 3.96. The fourth-order valence-corrected chi connectivity index (χ4v) is 2.90. The molecule has 1 heterocycles. The molecule has 1 N–H and O–H groups in total. The van der Waals surface area contributed by atoms with Crippen molar-refractivity contribution in [2.75, 3.05) is 0 Å². The van der Waals surface area contributed by atoms with Crippen LogP contribution in [0.1, 0.15) is 44.4 Å². The van der Waals surface area contributed by atoms with Crippen molar-refractivity contribution in [1.29, 1.82) is 0 Å². The van der Waals surface area contributed by atoms with Crippen molar-refractivity contribution in [3.63, 3.8) is 0 Å². The Labute approximate surface area is 117 Å². The number of allylic oxidation sites excluding steroid dienone is 1. The molecule has 0 saturated heterocycles. The van der Waals surface area contributed by atoms with Crippen LogP contribution in [0.2, 0.25) is 0 Å². The molecular weight excluding hydrogens is 258 g/mol. The van der Waals surface area contributed by atoms with E-state index in [1.807, 2.05) is 38.3 Å². The smallest absolute Gasteiger partial charge is 0.168 e. The normalized spacial score (nSPS) is 20.6. The summed E-state index contributed by atoms with van der Waals surface area (Å²) >= 11 is 1.61. The van der Waals surface area contributed by atoms with Gasteiger partial charge < -0.3 is 5.32 Å². The van der Waals surface area contributed by atoms with Gasteiger partial charge in [0.25, 0.3) is 0 Å². The summed E-state index contributed by atoms with van der Waals surface area (Å²) in [7, 11) is 0. The van der Waals surface area contributed by atoms with E-state index >= 15 is 0 Å². The van der Waals surface area contributed by atoms with Gasteiger partial charge in [-0.25, -0.2) is 0 Å². The molecule has 1 aliphatic rings. The van der Waals surface area contributed by atoms with E-state index < -0.39 is 0 Å². The first-order valence-electron chi connectivity index (χ1n) is 6.44. The number of ketones is 2. The zero-order valence-corrected chi connectivity index (χ0v) is 12.3. The zero-order valence-electron chi connectivity index (χ0n) is 11.5. The van der Waals surface area contributed by atoms with Gasteiger partial charge in [-0.05, 0) is 32.2 Å². The molecule has 19 heavy (non-hydrogen) atoms. The van der Waals surface area contributed by atoms with Crippen molar-refractivity contribution >= 4 is 22.9 Å². The number of thiophene rings is 1. The summed E-state index contributed by atoms with van der Waals surface area (Å²) in [5.74, 6) is -0.0374. The zero-order chi connectivity index (χ0) is 14.0. The van der Waals surface area contributed by atoms with Gasteiger partial charge >= 0.3 is 0 Å². The van der Waals surface area contributed by atoms with Gasteiger partial charge in [-0.1, -0.05) is 6.07 Å². The average Bonchev–Trinajstić information content (AvgIpc) is 2.79. The maximum absolute atomic E-state index is 12.1. The summed E-state index contributed by atoms with van der Waals surface area (Å²) < 4.78 is 0. The molecule has 1 saturated carbocycles. The Balaban J connectivity index is 2.12. The van der Waals surface area contributed by atoms with Crippen LogP contribution in [-0.2, 0) is 9.59 Å². The molecule has 0 aromatic carbocycles. The second-order valence-electron chi connectivity index (χ2n) is 5.92. The Morgan fingerprint density at radius 3 is 2.37 bits per heavy atom.